The van der Waals surface area contributed by atoms with E-state index in [0.29, 0.717) is 21.7 Å². The zero-order valence-corrected chi connectivity index (χ0v) is 11.4. The molecule has 1 heterocycles. The number of fused-ring (bicyclic) bond motifs is 1. The molecular weight excluding hydrogens is 263 g/mol. The fraction of sp³-hybridized carbons (Fsp3) is 0.133. The summed E-state index contributed by atoms with van der Waals surface area (Å²) in [6.45, 7) is 1.75. The quantitative estimate of drug-likeness (QED) is 0.645. The third-order valence-electron chi connectivity index (χ3n) is 3.29. The number of aromatic nitrogens is 2. The van der Waals surface area contributed by atoms with Crippen molar-refractivity contribution >= 4 is 22.6 Å². The molecule has 19 heavy (non-hydrogen) atoms. The van der Waals surface area contributed by atoms with Gasteiger partial charge >= 0.3 is 0 Å². The summed E-state index contributed by atoms with van der Waals surface area (Å²) in [4.78, 5) is 4.28. The first kappa shape index (κ1) is 12.2. The molecule has 0 aliphatic rings. The van der Waals surface area contributed by atoms with Crippen molar-refractivity contribution in [2.45, 2.75) is 6.92 Å². The zero-order valence-electron chi connectivity index (χ0n) is 10.6. The largest absolute Gasteiger partial charge is 0.333 e. The van der Waals surface area contributed by atoms with E-state index >= 15 is 0 Å². The molecule has 0 fully saturated rings. The van der Waals surface area contributed by atoms with Crippen molar-refractivity contribution < 1.29 is 4.39 Å². The molecule has 3 rings (SSSR count). The molecule has 0 saturated carbocycles. The summed E-state index contributed by atoms with van der Waals surface area (Å²) in [6, 6.07) is 8.92. The number of benzene rings is 2. The summed E-state index contributed by atoms with van der Waals surface area (Å²) in [5, 5.41) is 0.528. The van der Waals surface area contributed by atoms with Gasteiger partial charge in [-0.15, -0.1) is 0 Å². The van der Waals surface area contributed by atoms with Crippen LogP contribution in [0.2, 0.25) is 5.02 Å². The van der Waals surface area contributed by atoms with Crippen LogP contribution in [0.5, 0.6) is 0 Å². The lowest BCUT2D eigenvalue weighted by atomic mass is 10.0. The molecule has 2 aromatic carbocycles. The van der Waals surface area contributed by atoms with E-state index in [0.717, 1.165) is 11.0 Å². The van der Waals surface area contributed by atoms with Crippen LogP contribution in [-0.2, 0) is 7.05 Å². The molecule has 0 aliphatic heterocycles. The summed E-state index contributed by atoms with van der Waals surface area (Å²) in [5.41, 5.74) is 3.46. The minimum Gasteiger partial charge on any atom is -0.333 e. The molecule has 2 nitrogen and oxygen atoms in total. The van der Waals surface area contributed by atoms with Crippen molar-refractivity contribution in [2.75, 3.05) is 0 Å². The van der Waals surface area contributed by atoms with Gasteiger partial charge in [-0.1, -0.05) is 29.8 Å². The summed E-state index contributed by atoms with van der Waals surface area (Å²) in [6.07, 6.45) is 1.71. The van der Waals surface area contributed by atoms with Gasteiger partial charge in [0.05, 0.1) is 22.4 Å². The zero-order chi connectivity index (χ0) is 13.6. The second kappa shape index (κ2) is 4.35. The van der Waals surface area contributed by atoms with Crippen LogP contribution in [0.3, 0.4) is 0 Å². The van der Waals surface area contributed by atoms with E-state index in [1.807, 2.05) is 23.7 Å². The SMILES string of the molecule is Cc1cccc(-c2c(Cl)ccc3ncn(C)c23)c1F. The molecule has 0 amide bonds. The maximum atomic E-state index is 14.3. The molecule has 0 N–H and O–H groups in total. The Kier molecular flexibility index (Phi) is 2.79. The van der Waals surface area contributed by atoms with Crippen molar-refractivity contribution in [2.24, 2.45) is 7.05 Å². The minimum absolute atomic E-state index is 0.238. The first-order valence-corrected chi connectivity index (χ1v) is 6.32. The average Bonchev–Trinajstić information content (AvgIpc) is 2.76. The van der Waals surface area contributed by atoms with Gasteiger partial charge in [0.2, 0.25) is 0 Å². The third kappa shape index (κ3) is 1.81. The first-order valence-electron chi connectivity index (χ1n) is 5.94. The molecule has 0 atom stereocenters. The van der Waals surface area contributed by atoms with Crippen LogP contribution < -0.4 is 0 Å². The molecule has 3 aromatic rings. The van der Waals surface area contributed by atoms with Gasteiger partial charge in [-0.2, -0.15) is 0 Å². The highest BCUT2D eigenvalue weighted by Crippen LogP contribution is 2.36. The Morgan fingerprint density at radius 1 is 1.21 bits per heavy atom. The molecule has 1 aromatic heterocycles. The Balaban J connectivity index is 2.45. The van der Waals surface area contributed by atoms with E-state index in [9.17, 15) is 4.39 Å². The molecule has 0 bridgehead atoms. The number of hydrogen-bond acceptors (Lipinski definition) is 1. The number of hydrogen-bond donors (Lipinski definition) is 0. The summed E-state index contributed by atoms with van der Waals surface area (Å²) < 4.78 is 16.2. The Labute approximate surface area is 115 Å². The van der Waals surface area contributed by atoms with Gasteiger partial charge < -0.3 is 4.57 Å². The second-order valence-corrected chi connectivity index (χ2v) is 4.99. The number of aryl methyl sites for hydroxylation is 2. The van der Waals surface area contributed by atoms with E-state index in [1.165, 1.54) is 0 Å². The van der Waals surface area contributed by atoms with Crippen LogP contribution in [0.25, 0.3) is 22.2 Å². The van der Waals surface area contributed by atoms with E-state index in [2.05, 4.69) is 4.98 Å². The van der Waals surface area contributed by atoms with E-state index in [4.69, 9.17) is 11.6 Å². The fourth-order valence-corrected chi connectivity index (χ4v) is 2.57. The van der Waals surface area contributed by atoms with Crippen LogP contribution in [0, 0.1) is 12.7 Å². The average molecular weight is 275 g/mol. The monoisotopic (exact) mass is 274 g/mol. The van der Waals surface area contributed by atoms with Crippen molar-refractivity contribution in [3.63, 3.8) is 0 Å². The highest BCUT2D eigenvalue weighted by molar-refractivity contribution is 6.34. The molecule has 0 unspecified atom stereocenters. The van der Waals surface area contributed by atoms with Gasteiger partial charge in [0.1, 0.15) is 5.82 Å². The first-order chi connectivity index (χ1) is 9.09. The molecule has 0 saturated heterocycles. The minimum atomic E-state index is -0.238. The summed E-state index contributed by atoms with van der Waals surface area (Å²) >= 11 is 6.28. The second-order valence-electron chi connectivity index (χ2n) is 4.58. The molecule has 4 heteroatoms. The number of rotatable bonds is 1. The Bertz CT molecular complexity index is 777. The Morgan fingerprint density at radius 2 is 2.00 bits per heavy atom. The normalized spacial score (nSPS) is 11.2. The number of imidazole rings is 1. The standard InChI is InChI=1S/C15H12ClFN2/c1-9-4-3-5-10(14(9)17)13-11(16)6-7-12-15(13)19(2)8-18-12/h3-8H,1-2H3. The third-order valence-corrected chi connectivity index (χ3v) is 3.60. The fourth-order valence-electron chi connectivity index (χ4n) is 2.32. The number of halogens is 2. The van der Waals surface area contributed by atoms with E-state index < -0.39 is 0 Å². The lowest BCUT2D eigenvalue weighted by molar-refractivity contribution is 0.622. The lowest BCUT2D eigenvalue weighted by Gasteiger charge is -2.10. The van der Waals surface area contributed by atoms with Crippen molar-refractivity contribution in [3.8, 4) is 11.1 Å². The Morgan fingerprint density at radius 3 is 2.79 bits per heavy atom. The van der Waals surface area contributed by atoms with Crippen LogP contribution in [0.15, 0.2) is 36.7 Å². The summed E-state index contributed by atoms with van der Waals surface area (Å²) in [5.74, 6) is -0.238. The Hall–Kier alpha value is -1.87. The highest BCUT2D eigenvalue weighted by Gasteiger charge is 2.16. The van der Waals surface area contributed by atoms with Crippen LogP contribution in [0.4, 0.5) is 4.39 Å². The predicted octanol–water partition coefficient (Wildman–Crippen LogP) is 4.34. The maximum absolute atomic E-state index is 14.3. The van der Waals surface area contributed by atoms with Crippen molar-refractivity contribution in [1.29, 1.82) is 0 Å². The van der Waals surface area contributed by atoms with Gasteiger partial charge in [0.25, 0.3) is 0 Å². The lowest BCUT2D eigenvalue weighted by Crippen LogP contribution is -1.93. The van der Waals surface area contributed by atoms with Gasteiger partial charge in [-0.3, -0.25) is 0 Å². The van der Waals surface area contributed by atoms with Crippen molar-refractivity contribution in [1.82, 2.24) is 9.55 Å². The molecule has 0 aliphatic carbocycles. The van der Waals surface area contributed by atoms with Gasteiger partial charge in [0.15, 0.2) is 0 Å². The van der Waals surface area contributed by atoms with Gasteiger partial charge in [-0.05, 0) is 24.6 Å². The van der Waals surface area contributed by atoms with Crippen LogP contribution >= 0.6 is 11.6 Å². The van der Waals surface area contributed by atoms with Gasteiger partial charge in [-0.25, -0.2) is 9.37 Å². The molecule has 0 spiro atoms. The maximum Gasteiger partial charge on any atom is 0.134 e. The highest BCUT2D eigenvalue weighted by atomic mass is 35.5. The van der Waals surface area contributed by atoms with Gasteiger partial charge in [0, 0.05) is 18.2 Å². The summed E-state index contributed by atoms with van der Waals surface area (Å²) in [7, 11) is 1.88. The topological polar surface area (TPSA) is 17.8 Å². The van der Waals surface area contributed by atoms with E-state index in [1.54, 1.807) is 31.5 Å². The smallest absolute Gasteiger partial charge is 0.134 e. The predicted molar refractivity (Wildman–Crippen MR) is 75.9 cm³/mol. The van der Waals surface area contributed by atoms with E-state index in [-0.39, 0.29) is 5.82 Å². The molecule has 96 valence electrons. The van der Waals surface area contributed by atoms with Crippen LogP contribution in [0.1, 0.15) is 5.56 Å². The van der Waals surface area contributed by atoms with Crippen LogP contribution in [-0.4, -0.2) is 9.55 Å². The van der Waals surface area contributed by atoms with Crippen molar-refractivity contribution in [3.05, 3.63) is 53.1 Å². The number of nitrogens with zero attached hydrogens (tertiary/aromatic N) is 2. The molecule has 0 radical (unpaired) electrons. The molecular formula is C15H12ClFN2.